The summed E-state index contributed by atoms with van der Waals surface area (Å²) in [5.41, 5.74) is 1.56. The highest BCUT2D eigenvalue weighted by atomic mass is 16.5. The van der Waals surface area contributed by atoms with E-state index in [-0.39, 0.29) is 5.97 Å². The molecule has 12 heavy (non-hydrogen) atoms. The van der Waals surface area contributed by atoms with Crippen LogP contribution in [0, 0.1) is 0 Å². The van der Waals surface area contributed by atoms with Gasteiger partial charge in [0.1, 0.15) is 0 Å². The molecular weight excluding hydrogens is 152 g/mol. The zero-order chi connectivity index (χ0) is 9.56. The van der Waals surface area contributed by atoms with Crippen LogP contribution in [-0.2, 0) is 9.53 Å². The molecule has 0 fully saturated rings. The summed E-state index contributed by atoms with van der Waals surface area (Å²) in [5.74, 6) is -0.257. The molecule has 0 N–H and O–H groups in total. The molecule has 0 heterocycles. The minimum atomic E-state index is -0.257. The van der Waals surface area contributed by atoms with E-state index in [0.29, 0.717) is 12.2 Å². The van der Waals surface area contributed by atoms with E-state index in [1.165, 1.54) is 0 Å². The lowest BCUT2D eigenvalue weighted by atomic mass is 10.1. The number of hydrogen-bond acceptors (Lipinski definition) is 2. The smallest absolute Gasteiger partial charge is 0.333 e. The van der Waals surface area contributed by atoms with Crippen LogP contribution in [0.4, 0.5) is 0 Å². The normalized spacial score (nSPS) is 11.1. The van der Waals surface area contributed by atoms with Crippen LogP contribution in [0.2, 0.25) is 0 Å². The van der Waals surface area contributed by atoms with Crippen molar-refractivity contribution < 1.29 is 9.53 Å². The first-order valence-electron chi connectivity index (χ1n) is 4.15. The Balaban J connectivity index is 4.17. The van der Waals surface area contributed by atoms with Crippen LogP contribution in [-0.4, -0.2) is 12.6 Å². The van der Waals surface area contributed by atoms with Crippen LogP contribution < -0.4 is 0 Å². The van der Waals surface area contributed by atoms with Gasteiger partial charge in [0.05, 0.1) is 6.61 Å². The Morgan fingerprint density at radius 3 is 2.50 bits per heavy atom. The van der Waals surface area contributed by atoms with E-state index in [1.54, 1.807) is 19.9 Å². The van der Waals surface area contributed by atoms with Gasteiger partial charge in [-0.1, -0.05) is 19.1 Å². The molecule has 0 spiro atoms. The number of allylic oxidation sites excluding steroid dienone is 2. The number of rotatable bonds is 4. The number of ether oxygens (including phenoxy) is 1. The quantitative estimate of drug-likeness (QED) is 0.366. The molecule has 0 aromatic carbocycles. The molecule has 0 aromatic heterocycles. The number of hydrogen-bond donors (Lipinski definition) is 0. The number of carbonyl (C=O) groups excluding carboxylic acids is 1. The summed E-state index contributed by atoms with van der Waals surface area (Å²) >= 11 is 0. The topological polar surface area (TPSA) is 26.3 Å². The van der Waals surface area contributed by atoms with Crippen LogP contribution in [0.1, 0.15) is 27.2 Å². The van der Waals surface area contributed by atoms with E-state index in [9.17, 15) is 4.79 Å². The van der Waals surface area contributed by atoms with E-state index < -0.39 is 0 Å². The Morgan fingerprint density at radius 1 is 1.50 bits per heavy atom. The first-order valence-corrected chi connectivity index (χ1v) is 4.15. The maximum absolute atomic E-state index is 11.1. The molecule has 0 amide bonds. The van der Waals surface area contributed by atoms with Crippen LogP contribution in [0.5, 0.6) is 0 Å². The molecule has 2 nitrogen and oxygen atoms in total. The van der Waals surface area contributed by atoms with Crippen molar-refractivity contribution in [2.45, 2.75) is 27.2 Å². The van der Waals surface area contributed by atoms with Crippen LogP contribution in [0.15, 0.2) is 23.8 Å². The maximum Gasteiger partial charge on any atom is 0.333 e. The molecule has 68 valence electrons. The molecule has 0 bridgehead atoms. The number of carbonyl (C=O) groups is 1. The average Bonchev–Trinajstić information content (AvgIpc) is 2.04. The summed E-state index contributed by atoms with van der Waals surface area (Å²) in [6.07, 6.45) is 2.62. The molecule has 0 aromatic rings. The van der Waals surface area contributed by atoms with Crippen molar-refractivity contribution in [3.63, 3.8) is 0 Å². The van der Waals surface area contributed by atoms with Gasteiger partial charge in [-0.3, -0.25) is 0 Å². The van der Waals surface area contributed by atoms with E-state index in [2.05, 4.69) is 6.58 Å². The molecule has 0 radical (unpaired) electrons. The standard InChI is InChI=1S/C10H16O2/c1-5-8(3)7-9(4)10(11)12-6-2/h7H,3,5-6H2,1-2,4H3/b9-7+. The maximum atomic E-state index is 11.1. The van der Waals surface area contributed by atoms with Gasteiger partial charge in [0.25, 0.3) is 0 Å². The van der Waals surface area contributed by atoms with Crippen molar-refractivity contribution in [2.75, 3.05) is 6.61 Å². The molecule has 0 aliphatic rings. The fraction of sp³-hybridized carbons (Fsp3) is 0.500. The second-order valence-corrected chi connectivity index (χ2v) is 2.56. The van der Waals surface area contributed by atoms with E-state index in [1.807, 2.05) is 6.92 Å². The average molecular weight is 168 g/mol. The molecule has 0 aliphatic heterocycles. The lowest BCUT2D eigenvalue weighted by Crippen LogP contribution is -2.05. The monoisotopic (exact) mass is 168 g/mol. The second-order valence-electron chi connectivity index (χ2n) is 2.56. The van der Waals surface area contributed by atoms with Crippen molar-refractivity contribution in [1.82, 2.24) is 0 Å². The minimum Gasteiger partial charge on any atom is -0.463 e. The van der Waals surface area contributed by atoms with Gasteiger partial charge in [-0.15, -0.1) is 0 Å². The van der Waals surface area contributed by atoms with Crippen molar-refractivity contribution in [1.29, 1.82) is 0 Å². The van der Waals surface area contributed by atoms with E-state index in [0.717, 1.165) is 12.0 Å². The summed E-state index contributed by atoms with van der Waals surface area (Å²) in [5, 5.41) is 0. The van der Waals surface area contributed by atoms with Gasteiger partial charge in [-0.05, 0) is 26.3 Å². The largest absolute Gasteiger partial charge is 0.463 e. The van der Waals surface area contributed by atoms with Gasteiger partial charge in [0.2, 0.25) is 0 Å². The zero-order valence-electron chi connectivity index (χ0n) is 8.02. The van der Waals surface area contributed by atoms with Crippen molar-refractivity contribution >= 4 is 5.97 Å². The highest BCUT2D eigenvalue weighted by molar-refractivity contribution is 5.88. The predicted octanol–water partition coefficient (Wildman–Crippen LogP) is 2.46. The van der Waals surface area contributed by atoms with Gasteiger partial charge in [-0.2, -0.15) is 0 Å². The summed E-state index contributed by atoms with van der Waals surface area (Å²) in [4.78, 5) is 11.1. The van der Waals surface area contributed by atoms with Crippen molar-refractivity contribution in [3.8, 4) is 0 Å². The van der Waals surface area contributed by atoms with E-state index >= 15 is 0 Å². The highest BCUT2D eigenvalue weighted by Gasteiger charge is 2.03. The van der Waals surface area contributed by atoms with E-state index in [4.69, 9.17) is 4.74 Å². The Kier molecular flexibility index (Phi) is 5.09. The Hall–Kier alpha value is -1.05. The summed E-state index contributed by atoms with van der Waals surface area (Å²) in [6.45, 7) is 9.71. The Bertz CT molecular complexity index is 202. The fourth-order valence-electron chi connectivity index (χ4n) is 0.712. The third kappa shape index (κ3) is 3.96. The molecule has 2 heteroatoms. The molecule has 0 unspecified atom stereocenters. The summed E-state index contributed by atoms with van der Waals surface area (Å²) < 4.78 is 4.80. The lowest BCUT2D eigenvalue weighted by molar-refractivity contribution is -0.138. The van der Waals surface area contributed by atoms with Gasteiger partial charge >= 0.3 is 5.97 Å². The summed E-state index contributed by atoms with van der Waals surface area (Å²) in [6, 6.07) is 0. The van der Waals surface area contributed by atoms with Crippen molar-refractivity contribution in [3.05, 3.63) is 23.8 Å². The first-order chi connectivity index (χ1) is 5.61. The molecule has 0 atom stereocenters. The Labute approximate surface area is 73.9 Å². The lowest BCUT2D eigenvalue weighted by Gasteiger charge is -2.01. The molecular formula is C10H16O2. The van der Waals surface area contributed by atoms with Gasteiger partial charge in [0, 0.05) is 5.57 Å². The first kappa shape index (κ1) is 11.0. The number of esters is 1. The molecule has 0 saturated heterocycles. The van der Waals surface area contributed by atoms with Gasteiger partial charge < -0.3 is 4.74 Å². The highest BCUT2D eigenvalue weighted by Crippen LogP contribution is 2.05. The fourth-order valence-corrected chi connectivity index (χ4v) is 0.712. The van der Waals surface area contributed by atoms with Crippen LogP contribution in [0.3, 0.4) is 0 Å². The molecule has 0 rings (SSSR count). The van der Waals surface area contributed by atoms with Crippen LogP contribution in [0.25, 0.3) is 0 Å². The third-order valence-electron chi connectivity index (χ3n) is 1.47. The zero-order valence-corrected chi connectivity index (χ0v) is 8.02. The van der Waals surface area contributed by atoms with Crippen LogP contribution >= 0.6 is 0 Å². The predicted molar refractivity (Wildman–Crippen MR) is 49.8 cm³/mol. The minimum absolute atomic E-state index is 0.257. The SMILES string of the molecule is C=C(/C=C(\C)C(=O)OCC)CC. The van der Waals surface area contributed by atoms with Gasteiger partial charge in [0.15, 0.2) is 0 Å². The molecule has 0 aliphatic carbocycles. The third-order valence-corrected chi connectivity index (χ3v) is 1.47. The summed E-state index contributed by atoms with van der Waals surface area (Å²) in [7, 11) is 0. The molecule has 0 saturated carbocycles. The van der Waals surface area contributed by atoms with Gasteiger partial charge in [-0.25, -0.2) is 4.79 Å². The van der Waals surface area contributed by atoms with Crippen molar-refractivity contribution in [2.24, 2.45) is 0 Å². The second kappa shape index (κ2) is 5.58. The Morgan fingerprint density at radius 2 is 2.08 bits per heavy atom.